The zero-order valence-corrected chi connectivity index (χ0v) is 10.6. The maximum absolute atomic E-state index is 9.70. The van der Waals surface area contributed by atoms with Crippen LogP contribution in [0.1, 0.15) is 46.5 Å². The van der Waals surface area contributed by atoms with Gasteiger partial charge in [-0.15, -0.1) is 6.58 Å². The molecule has 2 nitrogen and oxygen atoms in total. The summed E-state index contributed by atoms with van der Waals surface area (Å²) >= 11 is 0. The van der Waals surface area contributed by atoms with Crippen molar-refractivity contribution in [2.45, 2.75) is 58.2 Å². The van der Waals surface area contributed by atoms with Crippen molar-refractivity contribution < 1.29 is 9.84 Å². The van der Waals surface area contributed by atoms with Crippen molar-refractivity contribution in [1.82, 2.24) is 0 Å². The lowest BCUT2D eigenvalue weighted by atomic mass is 9.92. The molecule has 90 valence electrons. The zero-order valence-electron chi connectivity index (χ0n) is 10.6. The van der Waals surface area contributed by atoms with E-state index in [9.17, 15) is 5.11 Å². The van der Waals surface area contributed by atoms with Gasteiger partial charge in [0.15, 0.2) is 0 Å². The molecule has 1 N–H and O–H groups in total. The summed E-state index contributed by atoms with van der Waals surface area (Å²) in [5.41, 5.74) is -0.0386. The van der Waals surface area contributed by atoms with Gasteiger partial charge in [0.25, 0.3) is 0 Å². The Hall–Kier alpha value is -0.340. The summed E-state index contributed by atoms with van der Waals surface area (Å²) in [5, 5.41) is 9.70. The number of rotatable bonds is 8. The van der Waals surface area contributed by atoms with Crippen LogP contribution in [-0.4, -0.2) is 23.9 Å². The molecular formula is C13H26O2. The minimum absolute atomic E-state index is 0.0386. The van der Waals surface area contributed by atoms with E-state index in [1.165, 1.54) is 0 Å². The van der Waals surface area contributed by atoms with Crippen molar-refractivity contribution in [3.63, 3.8) is 0 Å². The summed E-state index contributed by atoms with van der Waals surface area (Å²) in [7, 11) is 1.75. The second-order valence-corrected chi connectivity index (χ2v) is 4.93. The second-order valence-electron chi connectivity index (χ2n) is 4.93. The third-order valence-corrected chi connectivity index (χ3v) is 3.06. The summed E-state index contributed by atoms with van der Waals surface area (Å²) in [6.45, 7) is 9.92. The lowest BCUT2D eigenvalue weighted by molar-refractivity contribution is 0.0107. The molecule has 0 amide bonds. The first-order chi connectivity index (χ1) is 6.93. The standard InChI is InChI=1S/C13H26O2/c1-6-8-12(14)11(2)9-7-10-13(3,4)15-5/h6,11-12,14H,1,7-10H2,2-5H3. The molecule has 0 rings (SSSR count). The van der Waals surface area contributed by atoms with Crippen LogP contribution in [0.25, 0.3) is 0 Å². The molecule has 2 atom stereocenters. The van der Waals surface area contributed by atoms with E-state index >= 15 is 0 Å². The van der Waals surface area contributed by atoms with Crippen molar-refractivity contribution in [2.75, 3.05) is 7.11 Å². The first-order valence-corrected chi connectivity index (χ1v) is 5.77. The van der Waals surface area contributed by atoms with Crippen LogP contribution < -0.4 is 0 Å². The van der Waals surface area contributed by atoms with Crippen molar-refractivity contribution >= 4 is 0 Å². The van der Waals surface area contributed by atoms with Crippen LogP contribution in [-0.2, 0) is 4.74 Å². The van der Waals surface area contributed by atoms with Gasteiger partial charge in [0, 0.05) is 7.11 Å². The third kappa shape index (κ3) is 6.69. The van der Waals surface area contributed by atoms with Gasteiger partial charge in [-0.3, -0.25) is 0 Å². The molecule has 0 aliphatic carbocycles. The fourth-order valence-corrected chi connectivity index (χ4v) is 1.55. The molecule has 2 heteroatoms. The third-order valence-electron chi connectivity index (χ3n) is 3.06. The highest BCUT2D eigenvalue weighted by Gasteiger charge is 2.18. The van der Waals surface area contributed by atoms with Crippen LogP contribution in [0.3, 0.4) is 0 Å². The van der Waals surface area contributed by atoms with Gasteiger partial charge in [0.1, 0.15) is 0 Å². The first kappa shape index (κ1) is 14.7. The van der Waals surface area contributed by atoms with Gasteiger partial charge in [-0.1, -0.05) is 19.4 Å². The molecule has 0 radical (unpaired) electrons. The van der Waals surface area contributed by atoms with Gasteiger partial charge in [0.05, 0.1) is 11.7 Å². The SMILES string of the molecule is C=CCC(O)C(C)CCCC(C)(C)OC. The van der Waals surface area contributed by atoms with E-state index < -0.39 is 0 Å². The number of methoxy groups -OCH3 is 1. The molecule has 0 aliphatic rings. The number of hydrogen-bond donors (Lipinski definition) is 1. The van der Waals surface area contributed by atoms with Gasteiger partial charge in [-0.25, -0.2) is 0 Å². The molecule has 0 aromatic heterocycles. The predicted octanol–water partition coefficient (Wildman–Crippen LogP) is 3.15. The summed E-state index contributed by atoms with van der Waals surface area (Å²) < 4.78 is 5.35. The van der Waals surface area contributed by atoms with Gasteiger partial charge in [-0.05, 0) is 39.0 Å². The molecule has 0 saturated heterocycles. The average Bonchev–Trinajstić information content (AvgIpc) is 2.18. The zero-order chi connectivity index (χ0) is 11.9. The van der Waals surface area contributed by atoms with E-state index in [4.69, 9.17) is 4.74 Å². The van der Waals surface area contributed by atoms with Crippen molar-refractivity contribution in [3.8, 4) is 0 Å². The molecule has 15 heavy (non-hydrogen) atoms. The Kier molecular flexibility index (Phi) is 6.86. The van der Waals surface area contributed by atoms with E-state index in [2.05, 4.69) is 27.4 Å². The van der Waals surface area contributed by atoms with Crippen LogP contribution in [0, 0.1) is 5.92 Å². The minimum atomic E-state index is -0.242. The summed E-state index contributed by atoms with van der Waals surface area (Å²) in [6, 6.07) is 0. The number of hydrogen-bond acceptors (Lipinski definition) is 2. The molecule has 0 saturated carbocycles. The summed E-state index contributed by atoms with van der Waals surface area (Å²) in [6.07, 6.45) is 5.40. The molecule has 0 spiro atoms. The van der Waals surface area contributed by atoms with Gasteiger partial charge in [0.2, 0.25) is 0 Å². The monoisotopic (exact) mass is 214 g/mol. The fraction of sp³-hybridized carbons (Fsp3) is 0.846. The Morgan fingerprint density at radius 1 is 1.47 bits per heavy atom. The predicted molar refractivity (Wildman–Crippen MR) is 64.9 cm³/mol. The largest absolute Gasteiger partial charge is 0.393 e. The molecule has 0 aliphatic heterocycles. The van der Waals surface area contributed by atoms with E-state index in [-0.39, 0.29) is 11.7 Å². The Labute approximate surface area is 94.3 Å². The molecule has 0 aromatic carbocycles. The maximum Gasteiger partial charge on any atom is 0.0622 e. The quantitative estimate of drug-likeness (QED) is 0.629. The van der Waals surface area contributed by atoms with Crippen molar-refractivity contribution in [3.05, 3.63) is 12.7 Å². The number of ether oxygens (including phenoxy) is 1. The second kappa shape index (κ2) is 7.02. The first-order valence-electron chi connectivity index (χ1n) is 5.77. The smallest absolute Gasteiger partial charge is 0.0622 e. The Bertz CT molecular complexity index is 175. The Morgan fingerprint density at radius 2 is 2.07 bits per heavy atom. The summed E-state index contributed by atoms with van der Waals surface area (Å²) in [5.74, 6) is 0.343. The number of aliphatic hydroxyl groups is 1. The summed E-state index contributed by atoms with van der Waals surface area (Å²) in [4.78, 5) is 0. The lowest BCUT2D eigenvalue weighted by Gasteiger charge is -2.24. The van der Waals surface area contributed by atoms with E-state index in [1.54, 1.807) is 13.2 Å². The van der Waals surface area contributed by atoms with Gasteiger partial charge >= 0.3 is 0 Å². The van der Waals surface area contributed by atoms with E-state index in [1.807, 2.05) is 0 Å². The molecular weight excluding hydrogens is 188 g/mol. The highest BCUT2D eigenvalue weighted by molar-refractivity contribution is 4.76. The van der Waals surface area contributed by atoms with Gasteiger partial charge < -0.3 is 9.84 Å². The normalized spacial score (nSPS) is 16.1. The molecule has 0 heterocycles. The van der Waals surface area contributed by atoms with Crippen molar-refractivity contribution in [1.29, 1.82) is 0 Å². The fourth-order valence-electron chi connectivity index (χ4n) is 1.55. The lowest BCUT2D eigenvalue weighted by Crippen LogP contribution is -2.23. The highest BCUT2D eigenvalue weighted by Crippen LogP contribution is 2.21. The molecule has 2 unspecified atom stereocenters. The van der Waals surface area contributed by atoms with Gasteiger partial charge in [-0.2, -0.15) is 0 Å². The Balaban J connectivity index is 3.71. The van der Waals surface area contributed by atoms with Crippen LogP contribution in [0.15, 0.2) is 12.7 Å². The van der Waals surface area contributed by atoms with E-state index in [0.29, 0.717) is 12.3 Å². The van der Waals surface area contributed by atoms with Crippen LogP contribution >= 0.6 is 0 Å². The van der Waals surface area contributed by atoms with Crippen LogP contribution in [0.5, 0.6) is 0 Å². The molecule has 0 fully saturated rings. The molecule has 0 bridgehead atoms. The van der Waals surface area contributed by atoms with Crippen LogP contribution in [0.4, 0.5) is 0 Å². The Morgan fingerprint density at radius 3 is 2.53 bits per heavy atom. The number of aliphatic hydroxyl groups excluding tert-OH is 1. The minimum Gasteiger partial charge on any atom is -0.393 e. The van der Waals surface area contributed by atoms with E-state index in [0.717, 1.165) is 19.3 Å². The van der Waals surface area contributed by atoms with Crippen molar-refractivity contribution in [2.24, 2.45) is 5.92 Å². The van der Waals surface area contributed by atoms with Crippen LogP contribution in [0.2, 0.25) is 0 Å². The molecule has 0 aromatic rings. The average molecular weight is 214 g/mol. The highest BCUT2D eigenvalue weighted by atomic mass is 16.5. The maximum atomic E-state index is 9.70. The topological polar surface area (TPSA) is 29.5 Å².